The molecule has 1 heterocycles. The molecule has 1 fully saturated rings. The second-order valence-electron chi connectivity index (χ2n) is 5.12. The Balaban J connectivity index is 1.86. The zero-order valence-electron chi connectivity index (χ0n) is 11.9. The molecule has 0 aliphatic carbocycles. The molecule has 1 aromatic rings. The average molecular weight is 346 g/mol. The second kappa shape index (κ2) is 7.81. The molecule has 1 N–H and O–H groups in total. The van der Waals surface area contributed by atoms with Gasteiger partial charge in [0.05, 0.1) is 23.3 Å². The first kappa shape index (κ1) is 17.1. The normalized spacial score (nSPS) is 18.3. The van der Waals surface area contributed by atoms with Crippen LogP contribution in [0.2, 0.25) is 10.0 Å². The zero-order chi connectivity index (χ0) is 16.1. The molecule has 1 aliphatic rings. The molecule has 0 aromatic heterocycles. The topological polar surface area (TPSA) is 66.8 Å². The predicted molar refractivity (Wildman–Crippen MR) is 83.4 cm³/mol. The molecule has 120 valence electrons. The summed E-state index contributed by atoms with van der Waals surface area (Å²) < 4.78 is 5.12. The van der Waals surface area contributed by atoms with Gasteiger partial charge >= 0.3 is 5.97 Å². The highest BCUT2D eigenvalue weighted by atomic mass is 35.5. The van der Waals surface area contributed by atoms with E-state index in [1.54, 1.807) is 12.1 Å². The molecule has 1 atom stereocenters. The summed E-state index contributed by atoms with van der Waals surface area (Å²) in [6, 6.07) is 4.49. The minimum atomic E-state index is -1.03. The van der Waals surface area contributed by atoms with Gasteiger partial charge in [0, 0.05) is 13.0 Å². The highest BCUT2D eigenvalue weighted by Crippen LogP contribution is 2.23. The Labute approximate surface area is 138 Å². The Morgan fingerprint density at radius 2 is 2.09 bits per heavy atom. The van der Waals surface area contributed by atoms with Crippen molar-refractivity contribution in [1.29, 1.82) is 0 Å². The van der Waals surface area contributed by atoms with E-state index in [0.29, 0.717) is 42.5 Å². The SMILES string of the molecule is O=C(O)C1COCCN1C(=O)CCCc1ccc(Cl)c(Cl)c1. The van der Waals surface area contributed by atoms with E-state index >= 15 is 0 Å². The van der Waals surface area contributed by atoms with Crippen molar-refractivity contribution in [3.05, 3.63) is 33.8 Å². The lowest BCUT2D eigenvalue weighted by Gasteiger charge is -2.32. The number of nitrogens with zero attached hydrogens (tertiary/aromatic N) is 1. The lowest BCUT2D eigenvalue weighted by Crippen LogP contribution is -2.52. The number of morpholine rings is 1. The summed E-state index contributed by atoms with van der Waals surface area (Å²) in [5.74, 6) is -1.19. The van der Waals surface area contributed by atoms with Crippen LogP contribution in [0.3, 0.4) is 0 Å². The molecule has 0 radical (unpaired) electrons. The largest absolute Gasteiger partial charge is 0.480 e. The standard InChI is InChI=1S/C15H17Cl2NO4/c16-11-5-4-10(8-12(11)17)2-1-3-14(19)18-6-7-22-9-13(18)15(20)21/h4-5,8,13H,1-3,6-7,9H2,(H,20,21). The number of aryl methyl sites for hydroxylation is 1. The first-order valence-corrected chi connectivity index (χ1v) is 7.78. The van der Waals surface area contributed by atoms with Crippen molar-refractivity contribution in [3.63, 3.8) is 0 Å². The number of carbonyl (C=O) groups excluding carboxylic acids is 1. The molecule has 0 bridgehead atoms. The van der Waals surface area contributed by atoms with Crippen LogP contribution < -0.4 is 0 Å². The Morgan fingerprint density at radius 3 is 2.77 bits per heavy atom. The highest BCUT2D eigenvalue weighted by Gasteiger charge is 2.32. The summed E-state index contributed by atoms with van der Waals surface area (Å²) in [5.41, 5.74) is 0.999. The number of halogens is 2. The molecule has 22 heavy (non-hydrogen) atoms. The maximum atomic E-state index is 12.2. The van der Waals surface area contributed by atoms with Crippen LogP contribution in [0.5, 0.6) is 0 Å². The molecule has 5 nitrogen and oxygen atoms in total. The fourth-order valence-corrected chi connectivity index (χ4v) is 2.71. The van der Waals surface area contributed by atoms with E-state index in [9.17, 15) is 9.59 Å². The number of ether oxygens (including phenoxy) is 1. The smallest absolute Gasteiger partial charge is 0.328 e. The molecule has 2 rings (SSSR count). The molecule has 0 saturated carbocycles. The predicted octanol–water partition coefficient (Wildman–Crippen LogP) is 2.63. The highest BCUT2D eigenvalue weighted by molar-refractivity contribution is 6.42. The van der Waals surface area contributed by atoms with Crippen LogP contribution in [-0.2, 0) is 20.7 Å². The molecule has 1 amide bonds. The fourth-order valence-electron chi connectivity index (χ4n) is 2.39. The molecular formula is C15H17Cl2NO4. The number of benzene rings is 1. The van der Waals surface area contributed by atoms with Crippen molar-refractivity contribution in [2.75, 3.05) is 19.8 Å². The summed E-state index contributed by atoms with van der Waals surface area (Å²) in [5, 5.41) is 10.1. The van der Waals surface area contributed by atoms with Crippen molar-refractivity contribution in [2.24, 2.45) is 0 Å². The van der Waals surface area contributed by atoms with E-state index in [1.807, 2.05) is 6.07 Å². The first-order valence-electron chi connectivity index (χ1n) is 7.03. The van der Waals surface area contributed by atoms with Crippen LogP contribution >= 0.6 is 23.2 Å². The number of amides is 1. The van der Waals surface area contributed by atoms with Crippen LogP contribution in [0.15, 0.2) is 18.2 Å². The van der Waals surface area contributed by atoms with E-state index in [0.717, 1.165) is 5.56 Å². The third kappa shape index (κ3) is 4.35. The molecule has 1 unspecified atom stereocenters. The number of hydrogen-bond acceptors (Lipinski definition) is 3. The number of carboxylic acids is 1. The minimum absolute atomic E-state index is 0.0495. The zero-order valence-corrected chi connectivity index (χ0v) is 13.4. The Hall–Kier alpha value is -1.30. The van der Waals surface area contributed by atoms with Crippen LogP contribution in [-0.4, -0.2) is 47.7 Å². The van der Waals surface area contributed by atoms with Crippen molar-refractivity contribution < 1.29 is 19.4 Å². The van der Waals surface area contributed by atoms with Crippen LogP contribution in [0, 0.1) is 0 Å². The van der Waals surface area contributed by atoms with E-state index in [-0.39, 0.29) is 12.5 Å². The van der Waals surface area contributed by atoms with Gasteiger partial charge in [-0.2, -0.15) is 0 Å². The lowest BCUT2D eigenvalue weighted by atomic mass is 10.1. The number of hydrogen-bond donors (Lipinski definition) is 1. The second-order valence-corrected chi connectivity index (χ2v) is 5.93. The maximum Gasteiger partial charge on any atom is 0.328 e. The van der Waals surface area contributed by atoms with Gasteiger partial charge in [-0.05, 0) is 30.5 Å². The maximum absolute atomic E-state index is 12.2. The molecule has 1 aliphatic heterocycles. The summed E-state index contributed by atoms with van der Waals surface area (Å²) in [7, 11) is 0. The van der Waals surface area contributed by atoms with Gasteiger partial charge in [0.1, 0.15) is 0 Å². The number of rotatable bonds is 5. The molecule has 1 aromatic carbocycles. The lowest BCUT2D eigenvalue weighted by molar-refractivity contribution is -0.158. The number of aliphatic carboxylic acids is 1. The van der Waals surface area contributed by atoms with Crippen molar-refractivity contribution in [2.45, 2.75) is 25.3 Å². The Kier molecular flexibility index (Phi) is 6.06. The van der Waals surface area contributed by atoms with Crippen molar-refractivity contribution in [1.82, 2.24) is 4.90 Å². The number of carboxylic acid groups (broad SMARTS) is 1. The Bertz CT molecular complexity index is 564. The third-order valence-corrected chi connectivity index (χ3v) is 4.31. The summed E-state index contributed by atoms with van der Waals surface area (Å²) in [4.78, 5) is 24.7. The monoisotopic (exact) mass is 345 g/mol. The summed E-state index contributed by atoms with van der Waals surface area (Å²) in [6.45, 7) is 0.749. The van der Waals surface area contributed by atoms with Crippen molar-refractivity contribution in [3.8, 4) is 0 Å². The van der Waals surface area contributed by atoms with E-state index < -0.39 is 12.0 Å². The van der Waals surface area contributed by atoms with Gasteiger partial charge in [0.15, 0.2) is 6.04 Å². The number of carbonyl (C=O) groups is 2. The van der Waals surface area contributed by atoms with Crippen LogP contribution in [0.25, 0.3) is 0 Å². The summed E-state index contributed by atoms with van der Waals surface area (Å²) in [6.07, 6.45) is 1.61. The van der Waals surface area contributed by atoms with Gasteiger partial charge in [-0.3, -0.25) is 4.79 Å². The van der Waals surface area contributed by atoms with Gasteiger partial charge in [0.25, 0.3) is 0 Å². The van der Waals surface area contributed by atoms with E-state index in [2.05, 4.69) is 0 Å². The Morgan fingerprint density at radius 1 is 1.32 bits per heavy atom. The van der Waals surface area contributed by atoms with E-state index in [1.165, 1.54) is 4.90 Å². The summed E-state index contributed by atoms with van der Waals surface area (Å²) >= 11 is 11.8. The first-order chi connectivity index (χ1) is 10.5. The molecule has 1 saturated heterocycles. The fraction of sp³-hybridized carbons (Fsp3) is 0.467. The molecular weight excluding hydrogens is 329 g/mol. The van der Waals surface area contributed by atoms with Crippen LogP contribution in [0.4, 0.5) is 0 Å². The van der Waals surface area contributed by atoms with Crippen LogP contribution in [0.1, 0.15) is 18.4 Å². The minimum Gasteiger partial charge on any atom is -0.480 e. The van der Waals surface area contributed by atoms with Gasteiger partial charge in [-0.1, -0.05) is 29.3 Å². The third-order valence-electron chi connectivity index (χ3n) is 3.57. The van der Waals surface area contributed by atoms with Gasteiger partial charge < -0.3 is 14.7 Å². The average Bonchev–Trinajstić information content (AvgIpc) is 2.50. The molecule has 7 heteroatoms. The quantitative estimate of drug-likeness (QED) is 0.890. The van der Waals surface area contributed by atoms with Crippen molar-refractivity contribution >= 4 is 35.1 Å². The van der Waals surface area contributed by atoms with Gasteiger partial charge in [-0.25, -0.2) is 4.79 Å². The molecule has 0 spiro atoms. The van der Waals surface area contributed by atoms with Gasteiger partial charge in [-0.15, -0.1) is 0 Å². The van der Waals surface area contributed by atoms with Gasteiger partial charge in [0.2, 0.25) is 5.91 Å². The van der Waals surface area contributed by atoms with E-state index in [4.69, 9.17) is 33.0 Å².